The second-order valence-electron chi connectivity index (χ2n) is 12.2. The van der Waals surface area contributed by atoms with Crippen LogP contribution < -0.4 is 15.7 Å². The largest absolute Gasteiger partial charge is 0.407 e. The third-order valence-electron chi connectivity index (χ3n) is 8.67. The van der Waals surface area contributed by atoms with Crippen molar-refractivity contribution in [2.24, 2.45) is 11.8 Å². The minimum absolute atomic E-state index is 0.171. The van der Waals surface area contributed by atoms with E-state index in [1.54, 1.807) is 30.6 Å². The Morgan fingerprint density at radius 3 is 2.09 bits per heavy atom. The number of amides is 1. The Hall–Kier alpha value is -4.73. The van der Waals surface area contributed by atoms with Crippen LogP contribution in [-0.2, 0) is 9.22 Å². The Morgan fingerprint density at radius 2 is 1.52 bits per heavy atom. The minimum Gasteiger partial charge on any atom is -0.407 e. The van der Waals surface area contributed by atoms with Crippen molar-refractivity contribution in [3.8, 4) is 0 Å². The van der Waals surface area contributed by atoms with Crippen molar-refractivity contribution in [3.05, 3.63) is 121 Å². The lowest BCUT2D eigenvalue weighted by Gasteiger charge is -2.48. The molecule has 0 spiro atoms. The van der Waals surface area contributed by atoms with Gasteiger partial charge in [0.2, 0.25) is 0 Å². The molecule has 3 aromatic carbocycles. The number of hydrogen-bond donors (Lipinski definition) is 1. The lowest BCUT2D eigenvalue weighted by Crippen LogP contribution is -2.67. The van der Waals surface area contributed by atoms with Crippen molar-refractivity contribution in [1.82, 2.24) is 19.5 Å². The number of aldehydes is 1. The van der Waals surface area contributed by atoms with Gasteiger partial charge in [-0.05, 0) is 33.1 Å². The maximum absolute atomic E-state index is 12.8. The first-order chi connectivity index (χ1) is 21.3. The second kappa shape index (κ2) is 11.7. The van der Waals surface area contributed by atoms with Crippen molar-refractivity contribution < 1.29 is 14.0 Å². The van der Waals surface area contributed by atoms with Crippen LogP contribution in [0.15, 0.2) is 116 Å². The Bertz CT molecular complexity index is 1760. The predicted octanol–water partition coefficient (Wildman–Crippen LogP) is 5.20. The minimum atomic E-state index is -2.79. The second-order valence-corrected chi connectivity index (χ2v) is 16.5. The van der Waals surface area contributed by atoms with E-state index in [-0.39, 0.29) is 28.8 Å². The summed E-state index contributed by atoms with van der Waals surface area (Å²) in [6, 6.07) is 29.5. The molecule has 2 aromatic heterocycles. The summed E-state index contributed by atoms with van der Waals surface area (Å²) >= 11 is 0. The van der Waals surface area contributed by atoms with Crippen LogP contribution in [0.5, 0.6) is 0 Å². The third-order valence-corrected chi connectivity index (χ3v) is 13.7. The lowest BCUT2D eigenvalue weighted by atomic mass is 9.66. The number of hydrogen-bond acceptors (Lipinski definition) is 6. The number of benzene rings is 3. The summed E-state index contributed by atoms with van der Waals surface area (Å²) in [6.45, 7) is 11.5. The highest BCUT2D eigenvalue weighted by atomic mass is 28.4. The van der Waals surface area contributed by atoms with Crippen molar-refractivity contribution in [2.45, 2.75) is 31.9 Å². The fourth-order valence-electron chi connectivity index (χ4n) is 6.46. The van der Waals surface area contributed by atoms with Crippen LogP contribution >= 0.6 is 0 Å². The molecule has 222 valence electrons. The van der Waals surface area contributed by atoms with Crippen molar-refractivity contribution in [3.63, 3.8) is 0 Å². The summed E-state index contributed by atoms with van der Waals surface area (Å²) in [4.78, 5) is 38.7. The summed E-state index contributed by atoms with van der Waals surface area (Å²) in [6.07, 6.45) is 4.02. The van der Waals surface area contributed by atoms with Crippen LogP contribution in [-0.4, -0.2) is 46.6 Å². The molecule has 1 fully saturated rings. The Labute approximate surface area is 258 Å². The molecular formula is C35H35N5O3Si. The average molecular weight is 602 g/mol. The van der Waals surface area contributed by atoms with E-state index in [9.17, 15) is 9.59 Å². The van der Waals surface area contributed by atoms with Gasteiger partial charge in [0.25, 0.3) is 14.2 Å². The molecule has 5 aromatic rings. The monoisotopic (exact) mass is 601 g/mol. The van der Waals surface area contributed by atoms with Gasteiger partial charge in [-0.3, -0.25) is 4.79 Å². The quantitative estimate of drug-likeness (QED) is 0.142. The zero-order valence-corrected chi connectivity index (χ0v) is 26.1. The maximum atomic E-state index is 12.8. The van der Waals surface area contributed by atoms with Gasteiger partial charge in [0.05, 0.1) is 12.4 Å². The number of imidazole rings is 1. The van der Waals surface area contributed by atoms with E-state index in [0.29, 0.717) is 29.2 Å². The molecule has 44 heavy (non-hydrogen) atoms. The number of nitrogens with one attached hydrogen (secondary N) is 1. The molecule has 1 saturated carbocycles. The molecule has 2 heterocycles. The van der Waals surface area contributed by atoms with Crippen LogP contribution in [0.3, 0.4) is 0 Å². The predicted molar refractivity (Wildman–Crippen MR) is 175 cm³/mol. The zero-order chi connectivity index (χ0) is 30.9. The highest BCUT2D eigenvalue weighted by Crippen LogP contribution is 2.49. The standard InChI is InChI=1S/C35H35N5O3Si/c1-24-29(21-43-44(35(2,3)4,26-16-10-6-11-17-26)27-18-12-7-13-19-27)28(20-41)31(24)40-23-38-30-32(36-22-37-33(30)40)39-34(42)25-14-8-5-9-15-25/h5-20,22-23,28-29,31H,1,21H2,2-4H3,(H,36,37,39,42)/t28-,29+,31-/m1/s1. The number of carbonyl (C=O) groups is 2. The smallest absolute Gasteiger partial charge is 0.261 e. The lowest BCUT2D eigenvalue weighted by molar-refractivity contribution is -0.116. The third kappa shape index (κ3) is 4.97. The van der Waals surface area contributed by atoms with Gasteiger partial charge >= 0.3 is 0 Å². The first kappa shape index (κ1) is 29.3. The Morgan fingerprint density at radius 1 is 0.932 bits per heavy atom. The SMILES string of the molecule is C=C1[C@@H](n2cnc3c(NC(=O)c4ccccc4)ncnc32)[C@H](C=O)[C@H]1CO[Si](c1ccccc1)(c1ccccc1)C(C)(C)C. The maximum Gasteiger partial charge on any atom is 0.261 e. The molecular weight excluding hydrogens is 567 g/mol. The van der Waals surface area contributed by atoms with Crippen LogP contribution in [0.4, 0.5) is 5.82 Å². The highest BCUT2D eigenvalue weighted by molar-refractivity contribution is 6.99. The van der Waals surface area contributed by atoms with E-state index in [0.717, 1.165) is 11.9 Å². The van der Waals surface area contributed by atoms with E-state index < -0.39 is 8.32 Å². The van der Waals surface area contributed by atoms with Crippen LogP contribution in [0, 0.1) is 11.8 Å². The molecule has 8 nitrogen and oxygen atoms in total. The number of rotatable bonds is 9. The molecule has 0 radical (unpaired) electrons. The summed E-state index contributed by atoms with van der Waals surface area (Å²) in [5.74, 6) is -0.535. The molecule has 1 aliphatic carbocycles. The normalized spacial score (nSPS) is 18.5. The number of anilines is 1. The fourth-order valence-corrected chi connectivity index (χ4v) is 11.0. The number of fused-ring (bicyclic) bond motifs is 1. The van der Waals surface area contributed by atoms with E-state index in [1.807, 2.05) is 22.8 Å². The first-order valence-electron chi connectivity index (χ1n) is 14.7. The van der Waals surface area contributed by atoms with Crippen LogP contribution in [0.1, 0.15) is 37.2 Å². The van der Waals surface area contributed by atoms with Gasteiger partial charge in [-0.15, -0.1) is 0 Å². The number of aromatic nitrogens is 4. The molecule has 6 rings (SSSR count). The molecule has 0 unspecified atom stereocenters. The van der Waals surface area contributed by atoms with Gasteiger partial charge in [0.1, 0.15) is 12.6 Å². The van der Waals surface area contributed by atoms with Gasteiger partial charge in [0, 0.05) is 24.0 Å². The van der Waals surface area contributed by atoms with E-state index in [4.69, 9.17) is 4.43 Å². The van der Waals surface area contributed by atoms with Crippen LogP contribution in [0.25, 0.3) is 11.2 Å². The molecule has 3 atom stereocenters. The van der Waals surface area contributed by atoms with Gasteiger partial charge in [0.15, 0.2) is 17.0 Å². The summed E-state index contributed by atoms with van der Waals surface area (Å²) in [5.41, 5.74) is 2.36. The van der Waals surface area contributed by atoms with Crippen molar-refractivity contribution in [1.29, 1.82) is 0 Å². The molecule has 0 aliphatic heterocycles. The molecule has 1 N–H and O–H groups in total. The summed E-state index contributed by atoms with van der Waals surface area (Å²) in [5, 5.41) is 5.03. The zero-order valence-electron chi connectivity index (χ0n) is 25.1. The van der Waals surface area contributed by atoms with Gasteiger partial charge in [-0.2, -0.15) is 0 Å². The van der Waals surface area contributed by atoms with E-state index in [2.05, 4.69) is 96.1 Å². The van der Waals surface area contributed by atoms with E-state index in [1.165, 1.54) is 16.7 Å². The summed E-state index contributed by atoms with van der Waals surface area (Å²) in [7, 11) is -2.79. The topological polar surface area (TPSA) is 99.0 Å². The van der Waals surface area contributed by atoms with Crippen LogP contribution in [0.2, 0.25) is 5.04 Å². The molecule has 0 saturated heterocycles. The Kier molecular flexibility index (Phi) is 7.83. The van der Waals surface area contributed by atoms with Crippen molar-refractivity contribution >= 4 is 47.9 Å². The molecule has 1 aliphatic rings. The molecule has 0 bridgehead atoms. The van der Waals surface area contributed by atoms with E-state index >= 15 is 0 Å². The molecule has 1 amide bonds. The van der Waals surface area contributed by atoms with Gasteiger partial charge < -0.3 is 19.1 Å². The summed E-state index contributed by atoms with van der Waals surface area (Å²) < 4.78 is 9.01. The first-order valence-corrected chi connectivity index (χ1v) is 16.6. The highest BCUT2D eigenvalue weighted by Gasteiger charge is 2.53. The fraction of sp³-hybridized carbons (Fsp3) is 0.229. The Balaban J connectivity index is 1.28. The van der Waals surface area contributed by atoms with Gasteiger partial charge in [-0.1, -0.05) is 106 Å². The van der Waals surface area contributed by atoms with Crippen molar-refractivity contribution in [2.75, 3.05) is 11.9 Å². The average Bonchev–Trinajstić information content (AvgIpc) is 3.46. The molecule has 9 heteroatoms. The van der Waals surface area contributed by atoms with Gasteiger partial charge in [-0.25, -0.2) is 15.0 Å². The number of carbonyl (C=O) groups excluding carboxylic acids is 2. The number of nitrogens with zero attached hydrogens (tertiary/aromatic N) is 4.